The van der Waals surface area contributed by atoms with Gasteiger partial charge in [-0.3, -0.25) is 0 Å². The predicted molar refractivity (Wildman–Crippen MR) is 65.3 cm³/mol. The molecule has 0 aromatic carbocycles. The molecule has 1 saturated carbocycles. The lowest BCUT2D eigenvalue weighted by Crippen LogP contribution is -2.36. The lowest BCUT2D eigenvalue weighted by molar-refractivity contribution is -0.0146. The van der Waals surface area contributed by atoms with E-state index in [-0.39, 0.29) is 6.04 Å². The minimum absolute atomic E-state index is 0.0512. The third-order valence-corrected chi connectivity index (χ3v) is 3.62. The lowest BCUT2D eigenvalue weighted by Gasteiger charge is -2.31. The van der Waals surface area contributed by atoms with Crippen LogP contribution < -0.4 is 5.73 Å². The first kappa shape index (κ1) is 12.5. The minimum atomic E-state index is -0.598. The van der Waals surface area contributed by atoms with Gasteiger partial charge in [0.05, 0.1) is 30.1 Å². The van der Waals surface area contributed by atoms with Crippen LogP contribution in [-0.4, -0.2) is 25.7 Å². The van der Waals surface area contributed by atoms with Crippen LogP contribution in [0.25, 0.3) is 0 Å². The van der Waals surface area contributed by atoms with E-state index in [1.807, 2.05) is 13.1 Å². The van der Waals surface area contributed by atoms with Crippen molar-refractivity contribution in [3.63, 3.8) is 0 Å². The molecule has 1 aliphatic carbocycles. The Morgan fingerprint density at radius 3 is 2.82 bits per heavy atom. The van der Waals surface area contributed by atoms with Gasteiger partial charge in [0.15, 0.2) is 0 Å². The van der Waals surface area contributed by atoms with Crippen molar-refractivity contribution in [3.8, 4) is 0 Å². The topological polar surface area (TPSA) is 77.0 Å². The highest BCUT2D eigenvalue weighted by molar-refractivity contribution is 4.99. The van der Waals surface area contributed by atoms with Crippen LogP contribution in [-0.2, 0) is 6.54 Å². The van der Waals surface area contributed by atoms with Gasteiger partial charge in [0, 0.05) is 0 Å². The molecule has 0 aliphatic heterocycles. The van der Waals surface area contributed by atoms with Crippen molar-refractivity contribution < 1.29 is 5.11 Å². The molecule has 3 N–H and O–H groups in total. The highest BCUT2D eigenvalue weighted by Crippen LogP contribution is 2.29. The summed E-state index contributed by atoms with van der Waals surface area (Å²) < 4.78 is 1.73. The molecule has 5 nitrogen and oxygen atoms in total. The Hall–Kier alpha value is -0.940. The van der Waals surface area contributed by atoms with E-state index in [0.717, 1.165) is 37.8 Å². The van der Waals surface area contributed by atoms with E-state index < -0.39 is 5.60 Å². The average Bonchev–Trinajstić information content (AvgIpc) is 2.76. The van der Waals surface area contributed by atoms with E-state index in [1.165, 1.54) is 6.42 Å². The maximum atomic E-state index is 10.4. The zero-order valence-corrected chi connectivity index (χ0v) is 10.5. The smallest absolute Gasteiger partial charge is 0.0994 e. The third kappa shape index (κ3) is 3.04. The molecule has 0 amide bonds. The third-order valence-electron chi connectivity index (χ3n) is 3.62. The number of aromatic nitrogens is 3. The summed E-state index contributed by atoms with van der Waals surface area (Å²) in [5.74, 6) is 0. The van der Waals surface area contributed by atoms with Crippen molar-refractivity contribution in [3.05, 3.63) is 11.9 Å². The van der Waals surface area contributed by atoms with Crippen LogP contribution >= 0.6 is 0 Å². The van der Waals surface area contributed by atoms with E-state index in [1.54, 1.807) is 4.68 Å². The van der Waals surface area contributed by atoms with Gasteiger partial charge in [-0.15, -0.1) is 5.10 Å². The first-order valence-corrected chi connectivity index (χ1v) is 6.51. The van der Waals surface area contributed by atoms with Crippen molar-refractivity contribution in [1.29, 1.82) is 0 Å². The number of hydrogen-bond donors (Lipinski definition) is 2. The summed E-state index contributed by atoms with van der Waals surface area (Å²) in [5, 5.41) is 18.5. The van der Waals surface area contributed by atoms with Crippen LogP contribution in [0.15, 0.2) is 6.20 Å². The molecular formula is C12H22N4O. The Morgan fingerprint density at radius 2 is 2.18 bits per heavy atom. The van der Waals surface area contributed by atoms with Crippen LogP contribution in [0.1, 0.15) is 57.2 Å². The largest absolute Gasteiger partial charge is 0.388 e. The van der Waals surface area contributed by atoms with Crippen LogP contribution in [0.4, 0.5) is 0 Å². The Bertz CT molecular complexity index is 357. The van der Waals surface area contributed by atoms with Gasteiger partial charge in [0.1, 0.15) is 0 Å². The van der Waals surface area contributed by atoms with Gasteiger partial charge < -0.3 is 10.8 Å². The molecule has 1 atom stereocenters. The molecule has 1 heterocycles. The van der Waals surface area contributed by atoms with E-state index >= 15 is 0 Å². The fourth-order valence-electron chi connectivity index (χ4n) is 2.44. The Labute approximate surface area is 102 Å². The molecule has 0 spiro atoms. The molecular weight excluding hydrogens is 216 g/mol. The maximum absolute atomic E-state index is 10.4. The van der Waals surface area contributed by atoms with Gasteiger partial charge in [0.2, 0.25) is 0 Å². The fourth-order valence-corrected chi connectivity index (χ4v) is 2.44. The van der Waals surface area contributed by atoms with Crippen LogP contribution in [0, 0.1) is 0 Å². The van der Waals surface area contributed by atoms with Crippen molar-refractivity contribution in [2.24, 2.45) is 5.73 Å². The van der Waals surface area contributed by atoms with Crippen LogP contribution in [0.3, 0.4) is 0 Å². The minimum Gasteiger partial charge on any atom is -0.388 e. The summed E-state index contributed by atoms with van der Waals surface area (Å²) in [4.78, 5) is 0. The van der Waals surface area contributed by atoms with Crippen LogP contribution in [0.2, 0.25) is 0 Å². The molecule has 1 fully saturated rings. The number of rotatable bonds is 4. The standard InChI is InChI=1S/C12H22N4O/c1-2-10(13)11-8-16(15-14-11)9-12(17)6-4-3-5-7-12/h8,10,17H,2-7,9,13H2,1H3. The van der Waals surface area contributed by atoms with Crippen molar-refractivity contribution >= 4 is 0 Å². The normalized spacial score (nSPS) is 21.4. The van der Waals surface area contributed by atoms with Gasteiger partial charge in [-0.2, -0.15) is 0 Å². The Morgan fingerprint density at radius 1 is 1.47 bits per heavy atom. The van der Waals surface area contributed by atoms with Gasteiger partial charge in [-0.25, -0.2) is 4.68 Å². The first-order valence-electron chi connectivity index (χ1n) is 6.51. The zero-order chi connectivity index (χ0) is 12.3. The van der Waals surface area contributed by atoms with E-state index in [2.05, 4.69) is 10.3 Å². The molecule has 0 saturated heterocycles. The van der Waals surface area contributed by atoms with E-state index in [4.69, 9.17) is 5.73 Å². The number of hydrogen-bond acceptors (Lipinski definition) is 4. The zero-order valence-electron chi connectivity index (χ0n) is 10.5. The maximum Gasteiger partial charge on any atom is 0.0994 e. The summed E-state index contributed by atoms with van der Waals surface area (Å²) in [7, 11) is 0. The van der Waals surface area contributed by atoms with Crippen molar-refractivity contribution in [2.75, 3.05) is 0 Å². The average molecular weight is 238 g/mol. The number of nitrogens with zero attached hydrogens (tertiary/aromatic N) is 3. The SMILES string of the molecule is CCC(N)c1cn(CC2(O)CCCCC2)nn1. The molecule has 17 heavy (non-hydrogen) atoms. The number of aliphatic hydroxyl groups is 1. The predicted octanol–water partition coefficient (Wildman–Crippen LogP) is 1.38. The lowest BCUT2D eigenvalue weighted by atomic mass is 9.85. The monoisotopic (exact) mass is 238 g/mol. The Kier molecular flexibility index (Phi) is 3.79. The molecule has 0 bridgehead atoms. The highest BCUT2D eigenvalue weighted by Gasteiger charge is 2.30. The summed E-state index contributed by atoms with van der Waals surface area (Å²) in [6.07, 6.45) is 7.87. The molecule has 96 valence electrons. The molecule has 0 radical (unpaired) electrons. The quantitative estimate of drug-likeness (QED) is 0.831. The van der Waals surface area contributed by atoms with Gasteiger partial charge in [0.25, 0.3) is 0 Å². The van der Waals surface area contributed by atoms with E-state index in [9.17, 15) is 5.11 Å². The highest BCUT2D eigenvalue weighted by atomic mass is 16.3. The van der Waals surface area contributed by atoms with Gasteiger partial charge >= 0.3 is 0 Å². The van der Waals surface area contributed by atoms with Crippen molar-refractivity contribution in [1.82, 2.24) is 15.0 Å². The Balaban J connectivity index is 2.00. The van der Waals surface area contributed by atoms with E-state index in [0.29, 0.717) is 6.54 Å². The number of nitrogens with two attached hydrogens (primary N) is 1. The van der Waals surface area contributed by atoms with Crippen molar-refractivity contribution in [2.45, 2.75) is 63.6 Å². The summed E-state index contributed by atoms with van der Waals surface area (Å²) in [5.41, 5.74) is 6.11. The molecule has 1 aromatic heterocycles. The van der Waals surface area contributed by atoms with Gasteiger partial charge in [-0.1, -0.05) is 31.4 Å². The first-order chi connectivity index (χ1) is 8.13. The summed E-state index contributed by atoms with van der Waals surface area (Å²) >= 11 is 0. The molecule has 5 heteroatoms. The molecule has 2 rings (SSSR count). The fraction of sp³-hybridized carbons (Fsp3) is 0.833. The second-order valence-corrected chi connectivity index (χ2v) is 5.14. The van der Waals surface area contributed by atoms with Crippen LogP contribution in [0.5, 0.6) is 0 Å². The van der Waals surface area contributed by atoms with Gasteiger partial charge in [-0.05, 0) is 19.3 Å². The second kappa shape index (κ2) is 5.14. The second-order valence-electron chi connectivity index (χ2n) is 5.14. The molecule has 1 aromatic rings. The summed E-state index contributed by atoms with van der Waals surface area (Å²) in [6.45, 7) is 2.56. The molecule has 1 unspecified atom stereocenters. The molecule has 1 aliphatic rings. The summed E-state index contributed by atoms with van der Waals surface area (Å²) in [6, 6.07) is -0.0512.